The molecule has 2 aromatic carbocycles. The quantitative estimate of drug-likeness (QED) is 0.526. The molecule has 0 saturated carbocycles. The van der Waals surface area contributed by atoms with E-state index in [9.17, 15) is 20.1 Å². The van der Waals surface area contributed by atoms with Crippen LogP contribution in [0.15, 0.2) is 30.3 Å². The fourth-order valence-electron chi connectivity index (χ4n) is 4.78. The Hall–Kier alpha value is -3.25. The van der Waals surface area contributed by atoms with Crippen LogP contribution in [0, 0.1) is 0 Å². The summed E-state index contributed by atoms with van der Waals surface area (Å²) in [7, 11) is 0. The number of rotatable bonds is 4. The lowest BCUT2D eigenvalue weighted by Crippen LogP contribution is -2.60. The molecular formula is C24H24O11. The van der Waals surface area contributed by atoms with Crippen molar-refractivity contribution in [3.63, 3.8) is 0 Å². The summed E-state index contributed by atoms with van der Waals surface area (Å²) in [6, 6.07) is 8.91. The Morgan fingerprint density at radius 1 is 0.943 bits per heavy atom. The number of aliphatic hydroxyl groups excluding tert-OH is 3. The molecule has 4 aliphatic heterocycles. The van der Waals surface area contributed by atoms with Crippen LogP contribution in [0.4, 0.5) is 0 Å². The average molecular weight is 488 g/mol. The number of ether oxygens (including phenoxy) is 7. The predicted octanol–water partition coefficient (Wildman–Crippen LogP) is 0.774. The van der Waals surface area contributed by atoms with E-state index in [0.29, 0.717) is 29.6 Å². The molecule has 0 unspecified atom stereocenters. The highest BCUT2D eigenvalue weighted by molar-refractivity contribution is 5.65. The van der Waals surface area contributed by atoms with Gasteiger partial charge in [-0.15, -0.1) is 0 Å². The van der Waals surface area contributed by atoms with Crippen molar-refractivity contribution < 1.29 is 53.3 Å². The van der Waals surface area contributed by atoms with E-state index in [1.807, 2.05) is 18.2 Å². The van der Waals surface area contributed by atoms with Gasteiger partial charge in [0.1, 0.15) is 54.4 Å². The maximum atomic E-state index is 11.1. The average Bonchev–Trinajstić information content (AvgIpc) is 3.45. The zero-order chi connectivity index (χ0) is 24.3. The van der Waals surface area contributed by atoms with Crippen LogP contribution in [-0.4, -0.2) is 72.0 Å². The highest BCUT2D eigenvalue weighted by atomic mass is 16.7. The van der Waals surface area contributed by atoms with Crippen molar-refractivity contribution in [2.75, 3.05) is 20.0 Å². The van der Waals surface area contributed by atoms with Gasteiger partial charge in [-0.2, -0.15) is 0 Å². The second-order valence-corrected chi connectivity index (χ2v) is 8.83. The Bertz CT molecular complexity index is 1150. The third kappa shape index (κ3) is 3.80. The van der Waals surface area contributed by atoms with E-state index in [1.54, 1.807) is 12.1 Å². The van der Waals surface area contributed by atoms with Gasteiger partial charge in [0.15, 0.2) is 11.5 Å². The molecule has 0 aromatic heterocycles. The van der Waals surface area contributed by atoms with Gasteiger partial charge in [0, 0.05) is 30.2 Å². The molecule has 6 rings (SSSR count). The highest BCUT2D eigenvalue weighted by Crippen LogP contribution is 2.54. The number of carbonyl (C=O) groups excluding carboxylic acids is 1. The van der Waals surface area contributed by atoms with E-state index < -0.39 is 36.7 Å². The summed E-state index contributed by atoms with van der Waals surface area (Å²) in [4.78, 5) is 11.1. The van der Waals surface area contributed by atoms with Crippen LogP contribution in [0.1, 0.15) is 30.1 Å². The molecule has 0 radical (unpaired) electrons. The first-order chi connectivity index (χ1) is 16.9. The number of fused-ring (bicyclic) bond motifs is 6. The monoisotopic (exact) mass is 488 g/mol. The van der Waals surface area contributed by atoms with Gasteiger partial charge in [-0.05, 0) is 18.2 Å². The van der Waals surface area contributed by atoms with Gasteiger partial charge in [0.2, 0.25) is 13.1 Å². The summed E-state index contributed by atoms with van der Waals surface area (Å²) >= 11 is 0. The van der Waals surface area contributed by atoms with E-state index in [-0.39, 0.29) is 25.4 Å². The Labute approximate surface area is 199 Å². The zero-order valence-electron chi connectivity index (χ0n) is 18.7. The van der Waals surface area contributed by atoms with Crippen LogP contribution in [-0.2, 0) is 14.3 Å². The van der Waals surface area contributed by atoms with Crippen molar-refractivity contribution >= 4 is 5.97 Å². The van der Waals surface area contributed by atoms with Gasteiger partial charge in [0.05, 0.1) is 12.5 Å². The second-order valence-electron chi connectivity index (χ2n) is 8.83. The lowest BCUT2D eigenvalue weighted by Gasteiger charge is -2.40. The van der Waals surface area contributed by atoms with Crippen molar-refractivity contribution in [1.29, 1.82) is 0 Å². The molecule has 4 aliphatic rings. The van der Waals surface area contributed by atoms with Crippen molar-refractivity contribution in [3.05, 3.63) is 41.5 Å². The molecule has 35 heavy (non-hydrogen) atoms. The molecule has 0 bridgehead atoms. The van der Waals surface area contributed by atoms with Crippen LogP contribution >= 0.6 is 0 Å². The molecule has 0 aliphatic carbocycles. The van der Waals surface area contributed by atoms with Crippen LogP contribution in [0.3, 0.4) is 0 Å². The fourth-order valence-corrected chi connectivity index (χ4v) is 4.78. The van der Waals surface area contributed by atoms with Gasteiger partial charge in [0.25, 0.3) is 0 Å². The van der Waals surface area contributed by atoms with E-state index in [0.717, 1.165) is 16.9 Å². The van der Waals surface area contributed by atoms with Gasteiger partial charge < -0.3 is 48.5 Å². The van der Waals surface area contributed by atoms with E-state index in [1.165, 1.54) is 6.92 Å². The maximum Gasteiger partial charge on any atom is 0.302 e. The molecule has 11 heteroatoms. The molecule has 3 N–H and O–H groups in total. The summed E-state index contributed by atoms with van der Waals surface area (Å²) in [6.45, 7) is 1.49. The van der Waals surface area contributed by atoms with Crippen molar-refractivity contribution in [2.24, 2.45) is 0 Å². The molecule has 0 amide bonds. The van der Waals surface area contributed by atoms with E-state index in [4.69, 9.17) is 33.2 Å². The van der Waals surface area contributed by atoms with Crippen LogP contribution in [0.25, 0.3) is 0 Å². The lowest BCUT2D eigenvalue weighted by atomic mass is 9.89. The molecule has 186 valence electrons. The first-order valence-corrected chi connectivity index (χ1v) is 11.3. The Kier molecular flexibility index (Phi) is 5.37. The number of esters is 1. The van der Waals surface area contributed by atoms with Gasteiger partial charge in [-0.3, -0.25) is 4.79 Å². The van der Waals surface area contributed by atoms with E-state index >= 15 is 0 Å². The Balaban J connectivity index is 1.19. The Morgan fingerprint density at radius 2 is 1.74 bits per heavy atom. The fraction of sp³-hybridized carbons (Fsp3) is 0.458. The first-order valence-electron chi connectivity index (χ1n) is 11.3. The largest absolute Gasteiger partial charge is 0.492 e. The summed E-state index contributed by atoms with van der Waals surface area (Å²) in [5.74, 6) is 2.36. The minimum absolute atomic E-state index is 0.0130. The van der Waals surface area contributed by atoms with Crippen LogP contribution in [0.5, 0.6) is 28.7 Å². The van der Waals surface area contributed by atoms with Gasteiger partial charge in [-0.25, -0.2) is 0 Å². The molecule has 0 spiro atoms. The standard InChI is InChI=1S/C24H24O11/c1-10(25)29-8-19-20(26)21(27)22(28)24(35-19)33-11-2-3-12-15(4-11)30-7-14-13-5-17-18(32-9-31-17)6-16(13)34-23(12)14/h2-6,14,19-24,26-28H,7-9H2,1H3/t14-,19+,20+,21-,22+,23-,24+/m0/s1. The van der Waals surface area contributed by atoms with Crippen LogP contribution < -0.4 is 23.7 Å². The number of aliphatic hydroxyl groups is 3. The molecule has 11 nitrogen and oxygen atoms in total. The SMILES string of the molecule is CC(=O)OC[C@H]1O[C@@H](Oc2ccc3c(c2)OC[C@H]2c4cc5c(cc4O[C@@H]32)OCO5)[C@H](O)[C@@H](O)[C@@H]1O. The molecule has 7 atom stereocenters. The summed E-state index contributed by atoms with van der Waals surface area (Å²) < 4.78 is 39.4. The number of hydrogen-bond acceptors (Lipinski definition) is 11. The summed E-state index contributed by atoms with van der Waals surface area (Å²) in [5.41, 5.74) is 1.83. The minimum atomic E-state index is -1.55. The molecular weight excluding hydrogens is 464 g/mol. The smallest absolute Gasteiger partial charge is 0.302 e. The molecule has 2 aromatic rings. The number of carbonyl (C=O) groups is 1. The van der Waals surface area contributed by atoms with Crippen molar-refractivity contribution in [3.8, 4) is 28.7 Å². The first kappa shape index (κ1) is 22.2. The van der Waals surface area contributed by atoms with Gasteiger partial charge >= 0.3 is 5.97 Å². The highest BCUT2D eigenvalue weighted by Gasteiger charge is 2.46. The topological polar surface area (TPSA) is 142 Å². The molecule has 1 saturated heterocycles. The van der Waals surface area contributed by atoms with Crippen molar-refractivity contribution in [2.45, 2.75) is 49.7 Å². The predicted molar refractivity (Wildman–Crippen MR) is 115 cm³/mol. The van der Waals surface area contributed by atoms with Crippen molar-refractivity contribution in [1.82, 2.24) is 0 Å². The number of benzene rings is 2. The normalized spacial score (nSPS) is 31.9. The molecule has 4 heterocycles. The number of hydrogen-bond donors (Lipinski definition) is 3. The minimum Gasteiger partial charge on any atom is -0.492 e. The lowest BCUT2D eigenvalue weighted by molar-refractivity contribution is -0.278. The third-order valence-corrected chi connectivity index (χ3v) is 6.61. The summed E-state index contributed by atoms with van der Waals surface area (Å²) in [6.07, 6.45) is -7.17. The Morgan fingerprint density at radius 3 is 2.54 bits per heavy atom. The third-order valence-electron chi connectivity index (χ3n) is 6.61. The van der Waals surface area contributed by atoms with Crippen LogP contribution in [0.2, 0.25) is 0 Å². The summed E-state index contributed by atoms with van der Waals surface area (Å²) in [5, 5.41) is 30.7. The van der Waals surface area contributed by atoms with E-state index in [2.05, 4.69) is 0 Å². The van der Waals surface area contributed by atoms with Gasteiger partial charge in [-0.1, -0.05) is 0 Å². The zero-order valence-corrected chi connectivity index (χ0v) is 18.7. The molecule has 1 fully saturated rings. The second kappa shape index (κ2) is 8.45. The maximum absolute atomic E-state index is 11.1.